The Labute approximate surface area is 172 Å². The van der Waals surface area contributed by atoms with Crippen LogP contribution in [0.1, 0.15) is 18.9 Å². The molecule has 2 aromatic heterocycles. The average molecular weight is 419 g/mol. The maximum Gasteiger partial charge on any atom is 0.241 e. The van der Waals surface area contributed by atoms with Crippen LogP contribution in [-0.2, 0) is 4.79 Å². The van der Waals surface area contributed by atoms with Crippen LogP contribution in [0.5, 0.6) is 0 Å². The SMILES string of the molecule is Nc1cc2c(cn1)ncn2C1CCCN(C(=O)CNc2cc(Cl)cc(Cl)c2)C1. The first-order valence-electron chi connectivity index (χ1n) is 9.05. The zero-order valence-electron chi connectivity index (χ0n) is 15.1. The Morgan fingerprint density at radius 3 is 2.79 bits per heavy atom. The van der Waals surface area contributed by atoms with E-state index in [9.17, 15) is 4.79 Å². The summed E-state index contributed by atoms with van der Waals surface area (Å²) in [7, 11) is 0. The normalized spacial score (nSPS) is 17.1. The largest absolute Gasteiger partial charge is 0.384 e. The summed E-state index contributed by atoms with van der Waals surface area (Å²) in [5, 5.41) is 4.16. The fourth-order valence-corrected chi connectivity index (χ4v) is 4.12. The van der Waals surface area contributed by atoms with Gasteiger partial charge in [0.2, 0.25) is 5.91 Å². The summed E-state index contributed by atoms with van der Waals surface area (Å²) in [6.07, 6.45) is 5.39. The number of carbonyl (C=O) groups is 1. The number of amides is 1. The average Bonchev–Trinajstić information content (AvgIpc) is 3.08. The van der Waals surface area contributed by atoms with Gasteiger partial charge in [0.05, 0.1) is 30.6 Å². The summed E-state index contributed by atoms with van der Waals surface area (Å²) in [6, 6.07) is 7.13. The molecule has 0 spiro atoms. The van der Waals surface area contributed by atoms with Crippen molar-refractivity contribution in [3.05, 3.63) is 46.8 Å². The number of carbonyl (C=O) groups excluding carboxylic acids is 1. The van der Waals surface area contributed by atoms with Gasteiger partial charge in [-0.15, -0.1) is 0 Å². The number of imidazole rings is 1. The number of pyridine rings is 1. The Balaban J connectivity index is 1.44. The predicted molar refractivity (Wildman–Crippen MR) is 112 cm³/mol. The predicted octanol–water partition coefficient (Wildman–Crippen LogP) is 3.60. The number of nitrogens with one attached hydrogen (secondary N) is 1. The maximum atomic E-state index is 12.7. The van der Waals surface area contributed by atoms with Crippen molar-refractivity contribution in [3.8, 4) is 0 Å². The summed E-state index contributed by atoms with van der Waals surface area (Å²) in [4.78, 5) is 23.1. The van der Waals surface area contributed by atoms with Crippen molar-refractivity contribution >= 4 is 51.6 Å². The van der Waals surface area contributed by atoms with E-state index in [-0.39, 0.29) is 18.5 Å². The lowest BCUT2D eigenvalue weighted by molar-refractivity contribution is -0.130. The minimum atomic E-state index is 0.0337. The highest BCUT2D eigenvalue weighted by Crippen LogP contribution is 2.27. The summed E-state index contributed by atoms with van der Waals surface area (Å²) >= 11 is 12.0. The molecule has 1 aliphatic heterocycles. The number of anilines is 2. The zero-order valence-corrected chi connectivity index (χ0v) is 16.6. The molecule has 7 nitrogen and oxygen atoms in total. The molecule has 1 atom stereocenters. The lowest BCUT2D eigenvalue weighted by Gasteiger charge is -2.34. The molecule has 3 heterocycles. The third kappa shape index (κ3) is 4.00. The number of nitrogens with two attached hydrogens (primary N) is 1. The monoisotopic (exact) mass is 418 g/mol. The Morgan fingerprint density at radius 1 is 1.21 bits per heavy atom. The van der Waals surface area contributed by atoms with Crippen molar-refractivity contribution in [3.63, 3.8) is 0 Å². The van der Waals surface area contributed by atoms with Crippen LogP contribution in [0.25, 0.3) is 11.0 Å². The molecule has 1 fully saturated rings. The molecule has 1 unspecified atom stereocenters. The van der Waals surface area contributed by atoms with Crippen LogP contribution in [0.4, 0.5) is 11.5 Å². The first kappa shape index (κ1) is 18.8. The lowest BCUT2D eigenvalue weighted by atomic mass is 10.1. The molecule has 1 saturated heterocycles. The van der Waals surface area contributed by atoms with Crippen LogP contribution in [0.15, 0.2) is 36.8 Å². The third-order valence-electron chi connectivity index (χ3n) is 4.93. The Bertz CT molecular complexity index is 1000. The molecule has 0 aliphatic carbocycles. The van der Waals surface area contributed by atoms with Gasteiger partial charge in [0.25, 0.3) is 0 Å². The number of piperidine rings is 1. The summed E-state index contributed by atoms with van der Waals surface area (Å²) in [6.45, 7) is 1.55. The highest BCUT2D eigenvalue weighted by atomic mass is 35.5. The number of likely N-dealkylation sites (tertiary alicyclic amines) is 1. The van der Waals surface area contributed by atoms with Crippen LogP contribution < -0.4 is 11.1 Å². The number of nitrogen functional groups attached to an aromatic ring is 1. The van der Waals surface area contributed by atoms with Gasteiger partial charge in [-0.25, -0.2) is 9.97 Å². The molecule has 0 bridgehead atoms. The van der Waals surface area contributed by atoms with Crippen molar-refractivity contribution in [1.82, 2.24) is 19.4 Å². The number of hydrogen-bond donors (Lipinski definition) is 2. The highest BCUT2D eigenvalue weighted by Gasteiger charge is 2.25. The summed E-state index contributed by atoms with van der Waals surface area (Å²) < 4.78 is 2.09. The number of benzene rings is 1. The van der Waals surface area contributed by atoms with Crippen molar-refractivity contribution < 1.29 is 4.79 Å². The quantitative estimate of drug-likeness (QED) is 0.675. The van der Waals surface area contributed by atoms with E-state index < -0.39 is 0 Å². The molecule has 28 heavy (non-hydrogen) atoms. The van der Waals surface area contributed by atoms with Gasteiger partial charge in [0.1, 0.15) is 11.3 Å². The fourth-order valence-electron chi connectivity index (χ4n) is 3.59. The van der Waals surface area contributed by atoms with Gasteiger partial charge in [-0.2, -0.15) is 0 Å². The van der Waals surface area contributed by atoms with E-state index in [1.165, 1.54) is 0 Å². The first-order valence-corrected chi connectivity index (χ1v) is 9.81. The minimum absolute atomic E-state index is 0.0337. The van der Waals surface area contributed by atoms with E-state index in [0.29, 0.717) is 22.4 Å². The second-order valence-corrected chi connectivity index (χ2v) is 7.77. The van der Waals surface area contributed by atoms with Crippen molar-refractivity contribution in [2.45, 2.75) is 18.9 Å². The van der Waals surface area contributed by atoms with Gasteiger partial charge in [-0.1, -0.05) is 23.2 Å². The van der Waals surface area contributed by atoms with E-state index in [1.54, 1.807) is 30.7 Å². The van der Waals surface area contributed by atoms with Gasteiger partial charge < -0.3 is 20.5 Å². The fraction of sp³-hybridized carbons (Fsp3) is 0.316. The third-order valence-corrected chi connectivity index (χ3v) is 5.37. The summed E-state index contributed by atoms with van der Waals surface area (Å²) in [5.74, 6) is 0.494. The van der Waals surface area contributed by atoms with Gasteiger partial charge >= 0.3 is 0 Å². The van der Waals surface area contributed by atoms with Crippen molar-refractivity contribution in [1.29, 1.82) is 0 Å². The van der Waals surface area contributed by atoms with Crippen LogP contribution in [0, 0.1) is 0 Å². The molecule has 146 valence electrons. The number of aromatic nitrogens is 3. The Hall–Kier alpha value is -2.51. The molecular weight excluding hydrogens is 399 g/mol. The second-order valence-electron chi connectivity index (χ2n) is 6.90. The molecule has 3 N–H and O–H groups in total. The molecule has 1 aliphatic rings. The number of halogens is 2. The molecule has 1 aromatic carbocycles. The van der Waals surface area contributed by atoms with Gasteiger partial charge in [-0.3, -0.25) is 4.79 Å². The van der Waals surface area contributed by atoms with E-state index in [2.05, 4.69) is 19.9 Å². The van der Waals surface area contributed by atoms with Crippen LogP contribution >= 0.6 is 23.2 Å². The minimum Gasteiger partial charge on any atom is -0.384 e. The molecule has 0 radical (unpaired) electrons. The molecule has 9 heteroatoms. The van der Waals surface area contributed by atoms with E-state index in [4.69, 9.17) is 28.9 Å². The van der Waals surface area contributed by atoms with Gasteiger partial charge in [-0.05, 0) is 31.0 Å². The standard InChI is InChI=1S/C19H20Cl2N6O/c20-12-4-13(21)6-14(5-12)23-9-19(28)26-3-1-2-15(10-26)27-11-25-16-8-24-18(22)7-17(16)27/h4-8,11,15,23H,1-3,9-10H2,(H2,22,24). The number of nitrogens with zero attached hydrogens (tertiary/aromatic N) is 4. The molecule has 3 aromatic rings. The maximum absolute atomic E-state index is 12.7. The molecule has 4 rings (SSSR count). The van der Waals surface area contributed by atoms with Crippen LogP contribution in [0.3, 0.4) is 0 Å². The second kappa shape index (κ2) is 7.85. The summed E-state index contributed by atoms with van der Waals surface area (Å²) in [5.41, 5.74) is 8.30. The smallest absolute Gasteiger partial charge is 0.241 e. The molecule has 1 amide bonds. The first-order chi connectivity index (χ1) is 13.5. The Morgan fingerprint density at radius 2 is 2.00 bits per heavy atom. The Kier molecular flexibility index (Phi) is 5.28. The zero-order chi connectivity index (χ0) is 19.7. The van der Waals surface area contributed by atoms with E-state index in [1.807, 2.05) is 11.0 Å². The highest BCUT2D eigenvalue weighted by molar-refractivity contribution is 6.35. The topological polar surface area (TPSA) is 89.1 Å². The van der Waals surface area contributed by atoms with E-state index in [0.717, 1.165) is 36.1 Å². The van der Waals surface area contributed by atoms with E-state index >= 15 is 0 Å². The van der Waals surface area contributed by atoms with Crippen molar-refractivity contribution in [2.24, 2.45) is 0 Å². The number of rotatable bonds is 4. The van der Waals surface area contributed by atoms with Crippen LogP contribution in [-0.4, -0.2) is 45.0 Å². The van der Waals surface area contributed by atoms with Crippen LogP contribution in [0.2, 0.25) is 10.0 Å². The molecule has 0 saturated carbocycles. The van der Waals surface area contributed by atoms with Crippen molar-refractivity contribution in [2.75, 3.05) is 30.7 Å². The number of fused-ring (bicyclic) bond motifs is 1. The number of hydrogen-bond acceptors (Lipinski definition) is 5. The molecular formula is C19H20Cl2N6O. The lowest BCUT2D eigenvalue weighted by Crippen LogP contribution is -2.43. The van der Waals surface area contributed by atoms with Gasteiger partial charge in [0.15, 0.2) is 0 Å². The van der Waals surface area contributed by atoms with Gasteiger partial charge in [0, 0.05) is 34.9 Å².